The molecule has 0 aliphatic carbocycles. The highest BCUT2D eigenvalue weighted by atomic mass is 32.1. The van der Waals surface area contributed by atoms with Gasteiger partial charge < -0.3 is 0 Å². The molecule has 0 saturated heterocycles. The molecule has 12 heavy (non-hydrogen) atoms. The first-order chi connectivity index (χ1) is 5.86. The van der Waals surface area contributed by atoms with E-state index >= 15 is 0 Å². The Morgan fingerprint density at radius 1 is 1.33 bits per heavy atom. The first-order valence-electron chi connectivity index (χ1n) is 3.68. The summed E-state index contributed by atoms with van der Waals surface area (Å²) < 4.78 is 0. The van der Waals surface area contributed by atoms with Gasteiger partial charge in [-0.25, -0.2) is 0 Å². The van der Waals surface area contributed by atoms with E-state index in [1.165, 1.54) is 0 Å². The molecule has 0 heterocycles. The molecule has 2 nitrogen and oxygen atoms in total. The minimum Gasteiger partial charge on any atom is -0.258 e. The van der Waals surface area contributed by atoms with Crippen molar-refractivity contribution in [2.24, 2.45) is 4.99 Å². The van der Waals surface area contributed by atoms with Gasteiger partial charge in [0, 0.05) is 6.54 Å². The number of benzene rings is 1. The van der Waals surface area contributed by atoms with E-state index in [1.54, 1.807) is 0 Å². The zero-order valence-corrected chi connectivity index (χ0v) is 7.40. The summed E-state index contributed by atoms with van der Waals surface area (Å²) >= 11 is 4.47. The molecule has 0 unspecified atom stereocenters. The predicted molar refractivity (Wildman–Crippen MR) is 52.8 cm³/mol. The first-order valence-corrected chi connectivity index (χ1v) is 4.09. The maximum Gasteiger partial charge on any atom is 0.0739 e. The van der Waals surface area contributed by atoms with Crippen molar-refractivity contribution >= 4 is 23.1 Å². The van der Waals surface area contributed by atoms with Crippen molar-refractivity contribution in [3.8, 4) is 0 Å². The molecule has 0 fully saturated rings. The number of isothiocyanates is 1. The fourth-order valence-electron chi connectivity index (χ4n) is 0.934. The second kappa shape index (κ2) is 4.78. The lowest BCUT2D eigenvalue weighted by atomic mass is 10.1. The molecule has 0 atom stereocenters. The molecule has 0 spiro atoms. The van der Waals surface area contributed by atoms with Crippen molar-refractivity contribution in [2.45, 2.75) is 6.42 Å². The van der Waals surface area contributed by atoms with Gasteiger partial charge >= 0.3 is 0 Å². The van der Waals surface area contributed by atoms with Crippen LogP contribution in [-0.4, -0.2) is 11.7 Å². The van der Waals surface area contributed by atoms with Crippen LogP contribution in [0.25, 0.3) is 0 Å². The zero-order valence-electron chi connectivity index (χ0n) is 6.58. The standard InChI is InChI=1S/C9H9N2S/c10-6-5-8-1-3-9(4-2-8)11-7-12/h1-4,10H,5-6H2. The Labute approximate surface area is 77.1 Å². The molecular formula is C9H9N2S. The number of nitrogens with zero attached hydrogens (tertiary/aromatic N) is 1. The topological polar surface area (TPSA) is 36.2 Å². The van der Waals surface area contributed by atoms with Gasteiger partial charge in [0.15, 0.2) is 0 Å². The van der Waals surface area contributed by atoms with E-state index in [-0.39, 0.29) is 0 Å². The lowest BCUT2D eigenvalue weighted by Crippen LogP contribution is -1.90. The molecule has 0 aromatic heterocycles. The van der Waals surface area contributed by atoms with Crippen LogP contribution in [0.4, 0.5) is 5.69 Å². The number of aliphatic imine (C=N–C) groups is 1. The lowest BCUT2D eigenvalue weighted by Gasteiger charge is -1.96. The number of nitrogens with one attached hydrogen (secondary N) is 1. The highest BCUT2D eigenvalue weighted by molar-refractivity contribution is 7.78. The molecular weight excluding hydrogens is 168 g/mol. The van der Waals surface area contributed by atoms with E-state index in [2.05, 4.69) is 22.4 Å². The molecule has 1 radical (unpaired) electrons. The second-order valence-electron chi connectivity index (χ2n) is 2.37. The highest BCUT2D eigenvalue weighted by Crippen LogP contribution is 2.12. The van der Waals surface area contributed by atoms with E-state index in [4.69, 9.17) is 5.73 Å². The van der Waals surface area contributed by atoms with Gasteiger partial charge in [-0.05, 0) is 36.3 Å². The first kappa shape index (κ1) is 9.07. The maximum absolute atomic E-state index is 7.02. The van der Waals surface area contributed by atoms with Crippen molar-refractivity contribution in [3.63, 3.8) is 0 Å². The van der Waals surface area contributed by atoms with Crippen molar-refractivity contribution in [1.82, 2.24) is 5.73 Å². The van der Waals surface area contributed by atoms with E-state index in [0.717, 1.165) is 17.7 Å². The average Bonchev–Trinajstić information content (AvgIpc) is 2.09. The number of hydrogen-bond donors (Lipinski definition) is 0. The number of hydrogen-bond acceptors (Lipinski definition) is 2. The SMILES string of the molecule is [NH]CCc1ccc(N=C=S)cc1. The van der Waals surface area contributed by atoms with Crippen molar-refractivity contribution < 1.29 is 0 Å². The normalized spacial score (nSPS) is 9.08. The monoisotopic (exact) mass is 177 g/mol. The summed E-state index contributed by atoms with van der Waals surface area (Å²) in [6, 6.07) is 7.68. The van der Waals surface area contributed by atoms with Crippen molar-refractivity contribution in [1.29, 1.82) is 0 Å². The van der Waals surface area contributed by atoms with Gasteiger partial charge in [-0.15, -0.1) is 0 Å². The zero-order chi connectivity index (χ0) is 8.81. The van der Waals surface area contributed by atoms with Crippen LogP contribution in [0.15, 0.2) is 29.3 Å². The molecule has 0 amide bonds. The van der Waals surface area contributed by atoms with Gasteiger partial charge in [0.25, 0.3) is 0 Å². The van der Waals surface area contributed by atoms with Crippen LogP contribution in [0.1, 0.15) is 5.56 Å². The molecule has 0 aliphatic heterocycles. The Kier molecular flexibility index (Phi) is 3.61. The maximum atomic E-state index is 7.02. The lowest BCUT2D eigenvalue weighted by molar-refractivity contribution is 0.941. The molecule has 1 N–H and O–H groups in total. The molecule has 3 heteroatoms. The van der Waals surface area contributed by atoms with Crippen LogP contribution in [0.3, 0.4) is 0 Å². The van der Waals surface area contributed by atoms with Crippen molar-refractivity contribution in [2.75, 3.05) is 6.54 Å². The van der Waals surface area contributed by atoms with Crippen LogP contribution in [-0.2, 0) is 6.42 Å². The highest BCUT2D eigenvalue weighted by Gasteiger charge is 1.90. The van der Waals surface area contributed by atoms with E-state index in [0.29, 0.717) is 6.54 Å². The summed E-state index contributed by atoms with van der Waals surface area (Å²) in [5.74, 6) is 0. The Bertz CT molecular complexity index is 286. The summed E-state index contributed by atoms with van der Waals surface area (Å²) in [5, 5.41) is 2.31. The van der Waals surface area contributed by atoms with Gasteiger partial charge in [0.2, 0.25) is 0 Å². The van der Waals surface area contributed by atoms with E-state index in [1.807, 2.05) is 24.3 Å². The van der Waals surface area contributed by atoms with Crippen LogP contribution < -0.4 is 5.73 Å². The summed E-state index contributed by atoms with van der Waals surface area (Å²) in [6.45, 7) is 0.426. The third-order valence-electron chi connectivity index (χ3n) is 1.52. The minimum absolute atomic E-state index is 0.426. The molecule has 61 valence electrons. The van der Waals surface area contributed by atoms with Gasteiger partial charge in [-0.3, -0.25) is 5.73 Å². The van der Waals surface area contributed by atoms with E-state index < -0.39 is 0 Å². The smallest absolute Gasteiger partial charge is 0.0739 e. The van der Waals surface area contributed by atoms with Gasteiger partial charge in [-0.1, -0.05) is 12.1 Å². The van der Waals surface area contributed by atoms with E-state index in [9.17, 15) is 0 Å². The van der Waals surface area contributed by atoms with Gasteiger partial charge in [0.1, 0.15) is 0 Å². The van der Waals surface area contributed by atoms with Gasteiger partial charge in [0.05, 0.1) is 10.8 Å². The fraction of sp³-hybridized carbons (Fsp3) is 0.222. The second-order valence-corrected chi connectivity index (χ2v) is 2.55. The average molecular weight is 177 g/mol. The Morgan fingerprint density at radius 2 is 2.00 bits per heavy atom. The predicted octanol–water partition coefficient (Wildman–Crippen LogP) is 2.25. The third-order valence-corrected chi connectivity index (χ3v) is 1.62. The summed E-state index contributed by atoms with van der Waals surface area (Å²) in [4.78, 5) is 3.83. The molecule has 1 aromatic carbocycles. The van der Waals surface area contributed by atoms with Crippen LogP contribution >= 0.6 is 12.2 Å². The molecule has 1 aromatic rings. The Balaban J connectivity index is 2.77. The Morgan fingerprint density at radius 3 is 2.50 bits per heavy atom. The van der Waals surface area contributed by atoms with Crippen LogP contribution in [0.5, 0.6) is 0 Å². The number of rotatable bonds is 3. The minimum atomic E-state index is 0.426. The largest absolute Gasteiger partial charge is 0.258 e. The fourth-order valence-corrected chi connectivity index (χ4v) is 1.04. The Hall–Kier alpha value is -1.02. The summed E-state index contributed by atoms with van der Waals surface area (Å²) in [6.07, 6.45) is 0.793. The van der Waals surface area contributed by atoms with Crippen LogP contribution in [0, 0.1) is 0 Å². The van der Waals surface area contributed by atoms with Crippen molar-refractivity contribution in [3.05, 3.63) is 29.8 Å². The van der Waals surface area contributed by atoms with Crippen LogP contribution in [0.2, 0.25) is 0 Å². The van der Waals surface area contributed by atoms with Gasteiger partial charge in [-0.2, -0.15) is 4.99 Å². The summed E-state index contributed by atoms with van der Waals surface area (Å²) in [5.41, 5.74) is 9.00. The third kappa shape index (κ3) is 2.55. The number of thiocarbonyl (C=S) groups is 1. The molecule has 1 rings (SSSR count). The quantitative estimate of drug-likeness (QED) is 0.515. The summed E-state index contributed by atoms with van der Waals surface area (Å²) in [7, 11) is 0. The molecule has 0 bridgehead atoms. The molecule has 0 saturated carbocycles. The molecule has 0 aliphatic rings.